The molecule has 10 atom stereocenters. The zero-order chi connectivity index (χ0) is 32.9. The van der Waals surface area contributed by atoms with Crippen LogP contribution >= 0.6 is 0 Å². The number of esters is 1. The normalized spacial score (nSPS) is 31.8. The Labute approximate surface area is 249 Å². The topological polar surface area (TPSA) is 304 Å². The summed E-state index contributed by atoms with van der Waals surface area (Å²) in [6, 6.07) is 7.43. The number of ether oxygens (including phenoxy) is 4. The molecule has 3 heterocycles. The highest BCUT2D eigenvalue weighted by atomic mass is 16.7. The third-order valence-electron chi connectivity index (χ3n) is 7.17. The van der Waals surface area contributed by atoms with Crippen LogP contribution < -0.4 is 10.2 Å². The lowest BCUT2D eigenvalue weighted by Gasteiger charge is -2.41. The van der Waals surface area contributed by atoms with Gasteiger partial charge in [-0.25, -0.2) is 9.59 Å². The van der Waals surface area contributed by atoms with Crippen LogP contribution in [-0.2, 0) is 23.8 Å². The van der Waals surface area contributed by atoms with Gasteiger partial charge >= 0.3 is 11.9 Å². The number of carbonyl (C=O) groups is 2. The molecule has 10 N–H and O–H groups in total. The average Bonchev–Trinajstić information content (AvgIpc) is 2.99. The lowest BCUT2D eigenvalue weighted by atomic mass is 9.98. The summed E-state index contributed by atoms with van der Waals surface area (Å²) < 4.78 is 26.0. The van der Waals surface area contributed by atoms with E-state index in [0.717, 1.165) is 12.1 Å². The zero-order valence-corrected chi connectivity index (χ0v) is 22.5. The summed E-state index contributed by atoms with van der Waals surface area (Å²) in [4.78, 5) is 36.9. The van der Waals surface area contributed by atoms with Crippen LogP contribution in [0.3, 0.4) is 0 Å². The van der Waals surface area contributed by atoms with Crippen molar-refractivity contribution < 1.29 is 84.0 Å². The van der Waals surface area contributed by atoms with Gasteiger partial charge in [-0.1, -0.05) is 0 Å². The van der Waals surface area contributed by atoms with Gasteiger partial charge in [-0.2, -0.15) is 0 Å². The Hall–Kier alpha value is -4.53. The van der Waals surface area contributed by atoms with Gasteiger partial charge in [0.2, 0.25) is 18.3 Å². The van der Waals surface area contributed by atoms with E-state index in [0.29, 0.717) is 5.56 Å². The second kappa shape index (κ2) is 12.1. The number of carboxylic acid groups (broad SMARTS) is 1. The molecule has 0 amide bonds. The smallest absolute Gasteiger partial charge is 0.340 e. The van der Waals surface area contributed by atoms with Gasteiger partial charge in [-0.15, -0.1) is 0 Å². The van der Waals surface area contributed by atoms with Gasteiger partial charge < -0.3 is 74.4 Å². The Morgan fingerprint density at radius 3 is 1.91 bits per heavy atom. The Morgan fingerprint density at radius 1 is 0.711 bits per heavy atom. The van der Waals surface area contributed by atoms with E-state index in [4.69, 9.17) is 28.5 Å². The number of aromatic hydroxyl groups is 3. The maximum Gasteiger partial charge on any atom is 0.340 e. The number of fused-ring (bicyclic) bond motifs is 1. The molecule has 2 saturated heterocycles. The summed E-state index contributed by atoms with van der Waals surface area (Å²) >= 11 is 0. The molecular weight excluding hydrogens is 612 g/mol. The van der Waals surface area contributed by atoms with Crippen molar-refractivity contribution in [2.45, 2.75) is 61.4 Å². The summed E-state index contributed by atoms with van der Waals surface area (Å²) in [6.07, 6.45) is -21.6. The number of benzene rings is 2. The molecule has 0 unspecified atom stereocenters. The van der Waals surface area contributed by atoms with E-state index in [1.807, 2.05) is 0 Å². The van der Waals surface area contributed by atoms with E-state index in [2.05, 4.69) is 0 Å². The maximum atomic E-state index is 12.9. The van der Waals surface area contributed by atoms with Crippen LogP contribution in [0.4, 0.5) is 0 Å². The zero-order valence-electron chi connectivity index (χ0n) is 22.5. The first kappa shape index (κ1) is 31.9. The van der Waals surface area contributed by atoms with E-state index in [1.54, 1.807) is 0 Å². The Kier molecular flexibility index (Phi) is 8.58. The number of aliphatic carboxylic acids is 1. The molecule has 0 saturated carbocycles. The highest BCUT2D eigenvalue weighted by molar-refractivity contribution is 5.89. The molecule has 45 heavy (non-hydrogen) atoms. The second-order valence-corrected chi connectivity index (χ2v) is 10.2. The molecule has 0 radical (unpaired) electrons. The van der Waals surface area contributed by atoms with Crippen molar-refractivity contribution in [3.63, 3.8) is 0 Å². The van der Waals surface area contributed by atoms with Crippen molar-refractivity contribution in [3.8, 4) is 34.3 Å². The molecular formula is C27H26O18. The van der Waals surface area contributed by atoms with Crippen molar-refractivity contribution in [3.05, 3.63) is 46.6 Å². The minimum absolute atomic E-state index is 0.0197. The highest BCUT2D eigenvalue weighted by Gasteiger charge is 2.52. The summed E-state index contributed by atoms with van der Waals surface area (Å²) in [5.41, 5.74) is -0.783. The molecule has 3 aromatic rings. The van der Waals surface area contributed by atoms with E-state index in [-0.39, 0.29) is 17.1 Å². The predicted octanol–water partition coefficient (Wildman–Crippen LogP) is -2.80. The number of aliphatic hydroxyl groups is 6. The van der Waals surface area contributed by atoms with Crippen molar-refractivity contribution in [1.82, 2.24) is 0 Å². The number of phenolic OH excluding ortho intramolecular Hbond substituents is 3. The fourth-order valence-corrected chi connectivity index (χ4v) is 4.72. The van der Waals surface area contributed by atoms with E-state index in [1.165, 1.54) is 24.3 Å². The third-order valence-corrected chi connectivity index (χ3v) is 7.17. The van der Waals surface area contributed by atoms with Crippen molar-refractivity contribution in [2.24, 2.45) is 0 Å². The number of carboxylic acids is 1. The lowest BCUT2D eigenvalue weighted by Crippen LogP contribution is -2.63. The van der Waals surface area contributed by atoms with Gasteiger partial charge in [0, 0.05) is 17.7 Å². The Balaban J connectivity index is 1.41. The van der Waals surface area contributed by atoms with Gasteiger partial charge in [-0.3, -0.25) is 4.79 Å². The summed E-state index contributed by atoms with van der Waals surface area (Å²) in [5.74, 6) is -6.23. The molecule has 18 heteroatoms. The van der Waals surface area contributed by atoms with Crippen molar-refractivity contribution >= 4 is 22.9 Å². The average molecular weight is 638 g/mol. The molecule has 242 valence electrons. The van der Waals surface area contributed by atoms with Crippen LogP contribution in [0, 0.1) is 0 Å². The van der Waals surface area contributed by atoms with Gasteiger partial charge in [0.25, 0.3) is 0 Å². The van der Waals surface area contributed by atoms with Crippen LogP contribution in [0.25, 0.3) is 22.3 Å². The van der Waals surface area contributed by atoms with Crippen molar-refractivity contribution in [1.29, 1.82) is 0 Å². The number of rotatable bonds is 6. The molecule has 0 spiro atoms. The summed E-state index contributed by atoms with van der Waals surface area (Å²) in [7, 11) is 0. The highest BCUT2D eigenvalue weighted by Crippen LogP contribution is 2.42. The predicted molar refractivity (Wildman–Crippen MR) is 141 cm³/mol. The van der Waals surface area contributed by atoms with Gasteiger partial charge in [0.1, 0.15) is 59.1 Å². The van der Waals surface area contributed by atoms with Gasteiger partial charge in [-0.05, 0) is 24.3 Å². The van der Waals surface area contributed by atoms with E-state index in [9.17, 15) is 60.3 Å². The Bertz CT molecular complexity index is 1650. The first-order chi connectivity index (χ1) is 21.2. The fourth-order valence-electron chi connectivity index (χ4n) is 4.72. The largest absolute Gasteiger partial charge is 0.508 e. The summed E-state index contributed by atoms with van der Waals surface area (Å²) in [5, 5.41) is 100. The maximum absolute atomic E-state index is 12.9. The standard InChI is InChI=1S/C27H26O18/c28-8-3-1-7(2-4-8)10-5-9(29)13-11(41-10)6-12(14(30)15(13)31)42-26-20(36)17(33)19(35)23(44-26)25(40)45-27-21(37)16(32)18(34)22(43-27)24(38)39/h1-6,16-23,26-28,30-37H,(H,38,39)/t16-,17-,18-,19-,20+,21+,22-,23-,26+,27-/m0/s1. The molecule has 2 aliphatic heterocycles. The minimum Gasteiger partial charge on any atom is -0.508 e. The van der Waals surface area contributed by atoms with Crippen LogP contribution in [0.1, 0.15) is 0 Å². The summed E-state index contributed by atoms with van der Waals surface area (Å²) in [6.45, 7) is 0. The van der Waals surface area contributed by atoms with Crippen LogP contribution in [0.2, 0.25) is 0 Å². The molecule has 0 aliphatic carbocycles. The van der Waals surface area contributed by atoms with Crippen molar-refractivity contribution in [2.75, 3.05) is 0 Å². The van der Waals surface area contributed by atoms with Gasteiger partial charge in [0.15, 0.2) is 29.1 Å². The first-order valence-electron chi connectivity index (χ1n) is 13.0. The molecule has 1 aromatic heterocycles. The van der Waals surface area contributed by atoms with Crippen LogP contribution in [0.5, 0.6) is 23.0 Å². The number of aliphatic hydroxyl groups excluding tert-OH is 6. The Morgan fingerprint density at radius 2 is 1.29 bits per heavy atom. The molecule has 2 aromatic carbocycles. The molecule has 2 aliphatic rings. The minimum atomic E-state index is -2.23. The molecule has 2 fully saturated rings. The number of hydrogen-bond donors (Lipinski definition) is 10. The van der Waals surface area contributed by atoms with Gasteiger partial charge in [0.05, 0.1) is 0 Å². The van der Waals surface area contributed by atoms with Crippen LogP contribution in [0.15, 0.2) is 45.6 Å². The number of phenols is 3. The quantitative estimate of drug-likeness (QED) is 0.0962. The number of carbonyl (C=O) groups excluding carboxylic acids is 1. The van der Waals surface area contributed by atoms with Crippen LogP contribution in [-0.4, -0.2) is 124 Å². The fraction of sp³-hybridized carbons (Fsp3) is 0.370. The molecule has 18 nitrogen and oxygen atoms in total. The van der Waals surface area contributed by atoms with E-state index < -0.39 is 101 Å². The number of hydrogen-bond acceptors (Lipinski definition) is 17. The lowest BCUT2D eigenvalue weighted by molar-refractivity contribution is -0.302. The van der Waals surface area contributed by atoms with E-state index >= 15 is 0 Å². The first-order valence-corrected chi connectivity index (χ1v) is 13.0. The molecule has 5 rings (SSSR count). The second-order valence-electron chi connectivity index (χ2n) is 10.2. The molecule has 0 bridgehead atoms. The monoisotopic (exact) mass is 638 g/mol. The third kappa shape index (κ3) is 5.83. The SMILES string of the molecule is O=C(O)[C@H]1O[C@@H](OC(=O)[C@H]2O[C@@H](Oc3cc4oc(-c5ccc(O)cc5)cc(=O)c4c(O)c3O)[C@H](O)[C@@H](O)[C@@H]2O)[C@H](O)[C@@H](O)[C@@H]1O.